The first-order valence-electron chi connectivity index (χ1n) is 5.11. The van der Waals surface area contributed by atoms with Gasteiger partial charge in [-0.3, -0.25) is 0 Å². The molecule has 0 spiro atoms. The highest BCUT2D eigenvalue weighted by Gasteiger charge is 2.06. The van der Waals surface area contributed by atoms with Crippen molar-refractivity contribution in [3.8, 4) is 22.9 Å². The van der Waals surface area contributed by atoms with Crippen molar-refractivity contribution < 1.29 is 5.11 Å². The number of nitriles is 1. The van der Waals surface area contributed by atoms with E-state index in [1.807, 2.05) is 31.2 Å². The van der Waals surface area contributed by atoms with Crippen molar-refractivity contribution in [1.82, 2.24) is 0 Å². The monoisotopic (exact) mass is 243 g/mol. The van der Waals surface area contributed by atoms with E-state index in [2.05, 4.69) is 0 Å². The lowest BCUT2D eigenvalue weighted by Crippen LogP contribution is -1.85. The molecule has 2 aromatic carbocycles. The summed E-state index contributed by atoms with van der Waals surface area (Å²) in [5.41, 5.74) is 3.21. The van der Waals surface area contributed by atoms with Crippen LogP contribution in [0.2, 0.25) is 5.02 Å². The van der Waals surface area contributed by atoms with E-state index in [4.69, 9.17) is 16.9 Å². The summed E-state index contributed by atoms with van der Waals surface area (Å²) in [5, 5.41) is 19.0. The molecule has 2 aromatic rings. The third kappa shape index (κ3) is 2.25. The highest BCUT2D eigenvalue weighted by Crippen LogP contribution is 2.29. The Labute approximate surface area is 105 Å². The molecule has 0 amide bonds. The Morgan fingerprint density at radius 3 is 2.59 bits per heavy atom. The fourth-order valence-corrected chi connectivity index (χ4v) is 1.97. The first-order valence-corrected chi connectivity index (χ1v) is 5.49. The number of benzene rings is 2. The van der Waals surface area contributed by atoms with Crippen LogP contribution in [0.3, 0.4) is 0 Å². The highest BCUT2D eigenvalue weighted by molar-refractivity contribution is 6.30. The molecule has 0 aliphatic carbocycles. The van der Waals surface area contributed by atoms with Gasteiger partial charge in [0.25, 0.3) is 0 Å². The summed E-state index contributed by atoms with van der Waals surface area (Å²) in [7, 11) is 0. The summed E-state index contributed by atoms with van der Waals surface area (Å²) in [6.45, 7) is 1.96. The first kappa shape index (κ1) is 11.5. The van der Waals surface area contributed by atoms with Crippen LogP contribution < -0.4 is 0 Å². The molecule has 0 fully saturated rings. The molecule has 3 heteroatoms. The highest BCUT2D eigenvalue weighted by atomic mass is 35.5. The molecule has 0 heterocycles. The summed E-state index contributed by atoms with van der Waals surface area (Å²) in [5.74, 6) is 0.00265. The molecule has 0 aliphatic heterocycles. The van der Waals surface area contributed by atoms with E-state index in [9.17, 15) is 5.11 Å². The predicted octanol–water partition coefficient (Wildman–Crippen LogP) is 3.89. The summed E-state index contributed by atoms with van der Waals surface area (Å²) in [6.07, 6.45) is 0. The number of rotatable bonds is 1. The Kier molecular flexibility index (Phi) is 3.03. The number of hydrogen-bond donors (Lipinski definition) is 1. The van der Waals surface area contributed by atoms with Crippen LogP contribution in [0, 0.1) is 18.3 Å². The topological polar surface area (TPSA) is 44.0 Å². The Hall–Kier alpha value is -1.98. The zero-order chi connectivity index (χ0) is 12.4. The van der Waals surface area contributed by atoms with Crippen LogP contribution in [0.5, 0.6) is 5.75 Å². The standard InChI is InChI=1S/C14H10ClNO/c1-9-6-12(15)3-4-13(9)10-2-5-14(17)11(7-10)8-16/h2-7,17H,1H3. The molecule has 0 radical (unpaired) electrons. The second kappa shape index (κ2) is 4.48. The summed E-state index contributed by atoms with van der Waals surface area (Å²) in [4.78, 5) is 0. The average molecular weight is 244 g/mol. The van der Waals surface area contributed by atoms with E-state index >= 15 is 0 Å². The molecule has 84 valence electrons. The molecule has 2 nitrogen and oxygen atoms in total. The number of nitrogens with zero attached hydrogens (tertiary/aromatic N) is 1. The molecule has 0 saturated heterocycles. The maximum absolute atomic E-state index is 9.45. The van der Waals surface area contributed by atoms with Crippen LogP contribution in [0.25, 0.3) is 11.1 Å². The lowest BCUT2D eigenvalue weighted by Gasteiger charge is -2.07. The molecular formula is C14H10ClNO. The Morgan fingerprint density at radius 2 is 1.94 bits per heavy atom. The van der Waals surface area contributed by atoms with E-state index in [1.54, 1.807) is 12.1 Å². The van der Waals surface area contributed by atoms with Crippen molar-refractivity contribution in [1.29, 1.82) is 5.26 Å². The molecule has 0 atom stereocenters. The molecule has 17 heavy (non-hydrogen) atoms. The molecule has 1 N–H and O–H groups in total. The van der Waals surface area contributed by atoms with Gasteiger partial charge in [0.05, 0.1) is 5.56 Å². The quantitative estimate of drug-likeness (QED) is 0.826. The van der Waals surface area contributed by atoms with Gasteiger partial charge in [0.15, 0.2) is 0 Å². The fourth-order valence-electron chi connectivity index (χ4n) is 1.74. The van der Waals surface area contributed by atoms with Gasteiger partial charge in [-0.25, -0.2) is 0 Å². The summed E-state index contributed by atoms with van der Waals surface area (Å²) >= 11 is 5.90. The molecule has 0 bridgehead atoms. The smallest absolute Gasteiger partial charge is 0.133 e. The van der Waals surface area contributed by atoms with E-state index in [-0.39, 0.29) is 11.3 Å². The lowest BCUT2D eigenvalue weighted by molar-refractivity contribution is 0.473. The Bertz CT molecular complexity index is 614. The number of aromatic hydroxyl groups is 1. The van der Waals surface area contributed by atoms with Gasteiger partial charge in [0.1, 0.15) is 11.8 Å². The van der Waals surface area contributed by atoms with Crippen molar-refractivity contribution in [2.24, 2.45) is 0 Å². The second-order valence-corrected chi connectivity index (χ2v) is 4.24. The lowest BCUT2D eigenvalue weighted by atomic mass is 9.99. The SMILES string of the molecule is Cc1cc(Cl)ccc1-c1ccc(O)c(C#N)c1. The van der Waals surface area contributed by atoms with Crippen molar-refractivity contribution >= 4 is 11.6 Å². The molecule has 0 unspecified atom stereocenters. The van der Waals surface area contributed by atoms with Gasteiger partial charge in [-0.1, -0.05) is 23.7 Å². The largest absolute Gasteiger partial charge is 0.507 e. The zero-order valence-electron chi connectivity index (χ0n) is 9.24. The van der Waals surface area contributed by atoms with Gasteiger partial charge >= 0.3 is 0 Å². The van der Waals surface area contributed by atoms with Gasteiger partial charge in [-0.2, -0.15) is 5.26 Å². The molecule has 0 aliphatic rings. The minimum Gasteiger partial charge on any atom is -0.507 e. The normalized spacial score (nSPS) is 9.94. The number of aryl methyl sites for hydroxylation is 1. The Balaban J connectivity index is 2.58. The summed E-state index contributed by atoms with van der Waals surface area (Å²) in [6, 6.07) is 12.5. The Morgan fingerprint density at radius 1 is 1.18 bits per heavy atom. The van der Waals surface area contributed by atoms with Crippen LogP contribution in [0.1, 0.15) is 11.1 Å². The van der Waals surface area contributed by atoms with Gasteiger partial charge in [-0.05, 0) is 47.9 Å². The molecule has 0 aromatic heterocycles. The van der Waals surface area contributed by atoms with E-state index in [0.717, 1.165) is 16.7 Å². The van der Waals surface area contributed by atoms with Crippen LogP contribution in [0.15, 0.2) is 36.4 Å². The number of halogens is 1. The minimum absolute atomic E-state index is 0.00265. The average Bonchev–Trinajstić information content (AvgIpc) is 2.30. The molecule has 2 rings (SSSR count). The first-order chi connectivity index (χ1) is 8.11. The fraction of sp³-hybridized carbons (Fsp3) is 0.0714. The third-order valence-electron chi connectivity index (χ3n) is 2.62. The van der Waals surface area contributed by atoms with Gasteiger partial charge in [0.2, 0.25) is 0 Å². The van der Waals surface area contributed by atoms with Crippen molar-refractivity contribution in [2.75, 3.05) is 0 Å². The van der Waals surface area contributed by atoms with Crippen LogP contribution in [-0.2, 0) is 0 Å². The van der Waals surface area contributed by atoms with Crippen molar-refractivity contribution in [3.63, 3.8) is 0 Å². The van der Waals surface area contributed by atoms with Crippen LogP contribution >= 0.6 is 11.6 Å². The minimum atomic E-state index is 0.00265. The molecule has 0 saturated carbocycles. The van der Waals surface area contributed by atoms with Crippen molar-refractivity contribution in [3.05, 3.63) is 52.5 Å². The zero-order valence-corrected chi connectivity index (χ0v) is 9.99. The van der Waals surface area contributed by atoms with Gasteiger partial charge in [0, 0.05) is 5.02 Å². The van der Waals surface area contributed by atoms with Crippen LogP contribution in [0.4, 0.5) is 0 Å². The van der Waals surface area contributed by atoms with Crippen molar-refractivity contribution in [2.45, 2.75) is 6.92 Å². The maximum atomic E-state index is 9.45. The third-order valence-corrected chi connectivity index (χ3v) is 2.85. The second-order valence-electron chi connectivity index (χ2n) is 3.80. The molecular weight excluding hydrogens is 234 g/mol. The van der Waals surface area contributed by atoms with Gasteiger partial charge in [-0.15, -0.1) is 0 Å². The van der Waals surface area contributed by atoms with E-state index in [0.29, 0.717) is 5.02 Å². The number of hydrogen-bond acceptors (Lipinski definition) is 2. The number of phenolic OH excluding ortho intramolecular Hbond substituents is 1. The van der Waals surface area contributed by atoms with E-state index in [1.165, 1.54) is 6.07 Å². The van der Waals surface area contributed by atoms with Crippen LogP contribution in [-0.4, -0.2) is 5.11 Å². The predicted molar refractivity (Wildman–Crippen MR) is 68.0 cm³/mol. The number of phenols is 1. The van der Waals surface area contributed by atoms with E-state index < -0.39 is 0 Å². The summed E-state index contributed by atoms with van der Waals surface area (Å²) < 4.78 is 0. The van der Waals surface area contributed by atoms with Gasteiger partial charge < -0.3 is 5.11 Å². The maximum Gasteiger partial charge on any atom is 0.133 e.